The summed E-state index contributed by atoms with van der Waals surface area (Å²) >= 11 is 0. The summed E-state index contributed by atoms with van der Waals surface area (Å²) in [6.45, 7) is 25.0. The summed E-state index contributed by atoms with van der Waals surface area (Å²) in [5, 5.41) is 9.10. The summed E-state index contributed by atoms with van der Waals surface area (Å²) in [7, 11) is 0. The van der Waals surface area contributed by atoms with Crippen LogP contribution in [0.4, 0.5) is 34.1 Å². The Kier molecular flexibility index (Phi) is 9.90. The zero-order valence-corrected chi connectivity index (χ0v) is 41.8. The third-order valence-electron chi connectivity index (χ3n) is 15.4. The van der Waals surface area contributed by atoms with Crippen molar-refractivity contribution >= 4 is 99.5 Å². The van der Waals surface area contributed by atoms with Crippen molar-refractivity contribution in [3.05, 3.63) is 190 Å². The lowest BCUT2D eigenvalue weighted by atomic mass is 9.82. The van der Waals surface area contributed by atoms with Gasteiger partial charge in [-0.25, -0.2) is 0 Å². The van der Waals surface area contributed by atoms with Gasteiger partial charge in [-0.15, -0.1) is 0 Å². The second-order valence-electron chi connectivity index (χ2n) is 21.0. The summed E-state index contributed by atoms with van der Waals surface area (Å²) in [6.07, 6.45) is 0. The van der Waals surface area contributed by atoms with Crippen molar-refractivity contribution in [1.82, 2.24) is 0 Å². The van der Waals surface area contributed by atoms with Gasteiger partial charge in [0.05, 0.1) is 17.1 Å². The zero-order valence-electron chi connectivity index (χ0n) is 41.8. The summed E-state index contributed by atoms with van der Waals surface area (Å²) in [6, 6.07) is 52.7. The molecule has 4 nitrogen and oxygen atoms in total. The fourth-order valence-electron chi connectivity index (χ4n) is 11.6. The first-order valence-electron chi connectivity index (χ1n) is 25.0. The van der Waals surface area contributed by atoms with Crippen LogP contribution in [-0.2, 0) is 0 Å². The molecule has 342 valence electrons. The van der Waals surface area contributed by atoms with Crippen LogP contribution in [-0.4, -0.2) is 0 Å². The van der Waals surface area contributed by atoms with E-state index in [2.05, 4.69) is 225 Å². The topological polar surface area (TPSA) is 32.8 Å². The van der Waals surface area contributed by atoms with E-state index in [-0.39, 0.29) is 5.92 Å². The van der Waals surface area contributed by atoms with Gasteiger partial charge in [0.25, 0.3) is 0 Å². The van der Waals surface area contributed by atoms with E-state index in [0.717, 1.165) is 60.3 Å². The third kappa shape index (κ3) is 6.78. The standard InChI is InChI=1S/C65H60N2O2/c1-35(2)43-19-22-57(50(25-43)37(5)6)66(64-38(7)14-12-15-39(64)8)49-21-18-45-27-53-55-33-56-54-29-47-28-52-42(11)51-26-44(36(3)4)20-23-58(51)67(65-40(9)16-13-17-41(65)10)59(52)30-48(47)32-61(54)69-63(56)34-62(55)68-60(53)31-46(45)24-49/h12-37,42H,1-11H3. The van der Waals surface area contributed by atoms with Gasteiger partial charge in [-0.1, -0.05) is 115 Å². The Morgan fingerprint density at radius 2 is 0.986 bits per heavy atom. The summed E-state index contributed by atoms with van der Waals surface area (Å²) < 4.78 is 13.5. The fourth-order valence-corrected chi connectivity index (χ4v) is 11.6. The van der Waals surface area contributed by atoms with Gasteiger partial charge in [0.15, 0.2) is 0 Å². The van der Waals surface area contributed by atoms with Gasteiger partial charge in [-0.05, 0) is 184 Å². The molecule has 0 amide bonds. The van der Waals surface area contributed by atoms with Gasteiger partial charge in [0.1, 0.15) is 22.3 Å². The molecule has 2 aromatic heterocycles. The molecule has 1 aliphatic rings. The van der Waals surface area contributed by atoms with E-state index in [1.165, 1.54) is 89.3 Å². The molecule has 1 aliphatic heterocycles. The molecule has 0 saturated heterocycles. The van der Waals surface area contributed by atoms with Crippen molar-refractivity contribution in [2.24, 2.45) is 0 Å². The minimum atomic E-state index is 0.224. The molecule has 9 aromatic carbocycles. The number of hydrogen-bond acceptors (Lipinski definition) is 4. The van der Waals surface area contributed by atoms with Crippen LogP contribution in [0.2, 0.25) is 0 Å². The Morgan fingerprint density at radius 3 is 1.62 bits per heavy atom. The van der Waals surface area contributed by atoms with Gasteiger partial charge < -0.3 is 18.6 Å². The van der Waals surface area contributed by atoms with E-state index in [4.69, 9.17) is 8.83 Å². The van der Waals surface area contributed by atoms with Crippen molar-refractivity contribution < 1.29 is 8.83 Å². The predicted octanol–water partition coefficient (Wildman–Crippen LogP) is 19.8. The minimum absolute atomic E-state index is 0.224. The highest BCUT2D eigenvalue weighted by atomic mass is 16.3. The van der Waals surface area contributed by atoms with E-state index in [9.17, 15) is 0 Å². The molecular formula is C65H60N2O2. The third-order valence-corrected chi connectivity index (χ3v) is 15.4. The van der Waals surface area contributed by atoms with Crippen molar-refractivity contribution in [1.29, 1.82) is 0 Å². The monoisotopic (exact) mass is 900 g/mol. The molecule has 3 heterocycles. The number of hydrogen-bond donors (Lipinski definition) is 0. The number of aryl methyl sites for hydroxylation is 4. The molecule has 0 saturated carbocycles. The van der Waals surface area contributed by atoms with E-state index in [1.54, 1.807) is 0 Å². The highest BCUT2D eigenvalue weighted by Crippen LogP contribution is 2.53. The smallest absolute Gasteiger partial charge is 0.139 e. The first-order valence-corrected chi connectivity index (χ1v) is 25.0. The lowest BCUT2D eigenvalue weighted by Gasteiger charge is -2.39. The lowest BCUT2D eigenvalue weighted by molar-refractivity contribution is 0.656. The van der Waals surface area contributed by atoms with Gasteiger partial charge in [-0.2, -0.15) is 0 Å². The molecule has 0 fully saturated rings. The normalized spacial score (nSPS) is 13.9. The van der Waals surface area contributed by atoms with Crippen LogP contribution in [0.3, 0.4) is 0 Å². The molecule has 11 aromatic rings. The number of nitrogens with zero attached hydrogens (tertiary/aromatic N) is 2. The van der Waals surface area contributed by atoms with Crippen LogP contribution in [0, 0.1) is 27.7 Å². The fraction of sp³-hybridized carbons (Fsp3) is 0.231. The largest absolute Gasteiger partial charge is 0.456 e. The van der Waals surface area contributed by atoms with Crippen LogP contribution in [0.25, 0.3) is 65.4 Å². The van der Waals surface area contributed by atoms with Gasteiger partial charge in [0, 0.05) is 50.6 Å². The molecule has 69 heavy (non-hydrogen) atoms. The molecule has 0 aliphatic carbocycles. The average Bonchev–Trinajstić information content (AvgIpc) is 3.85. The first kappa shape index (κ1) is 43.0. The summed E-state index contributed by atoms with van der Waals surface area (Å²) in [4.78, 5) is 5.00. The van der Waals surface area contributed by atoms with Crippen LogP contribution >= 0.6 is 0 Å². The van der Waals surface area contributed by atoms with Crippen molar-refractivity contribution in [3.63, 3.8) is 0 Å². The first-order chi connectivity index (χ1) is 33.2. The SMILES string of the molecule is Cc1cccc(C)c1N(c1ccc2cc3c(cc2c1)oc1cc2oc4cc5cc6c(cc5cc4c2cc13)C(C)c1cc(C(C)C)ccc1N6c1c(C)cccc1C)c1ccc(C(C)C)cc1C(C)C. The number of furan rings is 2. The quantitative estimate of drug-likeness (QED) is 0.160. The molecule has 1 unspecified atom stereocenters. The molecule has 4 heteroatoms. The maximum absolute atomic E-state index is 6.76. The maximum atomic E-state index is 6.76. The maximum Gasteiger partial charge on any atom is 0.139 e. The Morgan fingerprint density at radius 1 is 0.449 bits per heavy atom. The molecule has 0 N–H and O–H groups in total. The Hall–Kier alpha value is -7.30. The summed E-state index contributed by atoms with van der Waals surface area (Å²) in [5.41, 5.74) is 22.5. The number of fused-ring (bicyclic) bond motifs is 10. The molecular weight excluding hydrogens is 841 g/mol. The van der Waals surface area contributed by atoms with Crippen LogP contribution < -0.4 is 9.80 Å². The van der Waals surface area contributed by atoms with E-state index in [0.29, 0.717) is 17.8 Å². The van der Waals surface area contributed by atoms with Gasteiger partial charge >= 0.3 is 0 Å². The van der Waals surface area contributed by atoms with E-state index in [1.807, 2.05) is 0 Å². The second-order valence-corrected chi connectivity index (χ2v) is 21.0. The molecule has 1 atom stereocenters. The average molecular weight is 901 g/mol. The Bertz CT molecular complexity index is 3880. The molecule has 0 bridgehead atoms. The summed E-state index contributed by atoms with van der Waals surface area (Å²) in [5.74, 6) is 1.47. The van der Waals surface area contributed by atoms with Crippen LogP contribution in [0.15, 0.2) is 148 Å². The molecule has 12 rings (SSSR count). The molecule has 0 radical (unpaired) electrons. The number of anilines is 6. The second kappa shape index (κ2) is 15.9. The number of rotatable bonds is 7. The highest BCUT2D eigenvalue weighted by molar-refractivity contribution is 6.18. The van der Waals surface area contributed by atoms with Gasteiger partial charge in [0.2, 0.25) is 0 Å². The van der Waals surface area contributed by atoms with E-state index >= 15 is 0 Å². The lowest BCUT2D eigenvalue weighted by Crippen LogP contribution is -2.22. The minimum Gasteiger partial charge on any atom is -0.456 e. The molecule has 0 spiro atoms. The predicted molar refractivity (Wildman–Crippen MR) is 294 cm³/mol. The zero-order chi connectivity index (χ0) is 47.7. The number of benzene rings is 9. The van der Waals surface area contributed by atoms with Crippen LogP contribution in [0.1, 0.15) is 122 Å². The van der Waals surface area contributed by atoms with Crippen molar-refractivity contribution in [3.8, 4) is 0 Å². The Balaban J connectivity index is 0.992. The highest BCUT2D eigenvalue weighted by Gasteiger charge is 2.32. The Labute approximate surface area is 405 Å². The van der Waals surface area contributed by atoms with Crippen LogP contribution in [0.5, 0.6) is 0 Å². The van der Waals surface area contributed by atoms with Gasteiger partial charge in [-0.3, -0.25) is 0 Å². The van der Waals surface area contributed by atoms with E-state index < -0.39 is 0 Å². The van der Waals surface area contributed by atoms with Crippen molar-refractivity contribution in [2.75, 3.05) is 9.80 Å². The number of para-hydroxylation sites is 2. The van der Waals surface area contributed by atoms with Crippen molar-refractivity contribution in [2.45, 2.75) is 99.8 Å².